The van der Waals surface area contributed by atoms with Gasteiger partial charge in [-0.15, -0.1) is 0 Å². The zero-order chi connectivity index (χ0) is 34.2. The van der Waals surface area contributed by atoms with Crippen molar-refractivity contribution < 1.29 is 4.42 Å². The van der Waals surface area contributed by atoms with Crippen LogP contribution in [-0.4, -0.2) is 19.5 Å². The summed E-state index contributed by atoms with van der Waals surface area (Å²) in [4.78, 5) is 15.3. The number of fused-ring (bicyclic) bond motifs is 10. The van der Waals surface area contributed by atoms with Gasteiger partial charge >= 0.3 is 0 Å². The number of nitrogens with zero attached hydrogens (tertiary/aromatic N) is 4. The smallest absolute Gasteiger partial charge is 0.164 e. The van der Waals surface area contributed by atoms with Crippen LogP contribution in [-0.2, 0) is 0 Å². The number of furan rings is 1. The molecule has 3 heterocycles. The van der Waals surface area contributed by atoms with Crippen LogP contribution in [0.4, 0.5) is 0 Å². The van der Waals surface area contributed by atoms with E-state index in [4.69, 9.17) is 19.4 Å². The molecule has 242 valence electrons. The molecule has 5 heteroatoms. The lowest BCUT2D eigenvalue weighted by Gasteiger charge is -2.14. The van der Waals surface area contributed by atoms with Gasteiger partial charge in [-0.25, -0.2) is 15.0 Å². The molecule has 0 bridgehead atoms. The van der Waals surface area contributed by atoms with Crippen molar-refractivity contribution >= 4 is 65.3 Å². The second-order valence-electron chi connectivity index (χ2n) is 13.2. The molecule has 0 amide bonds. The first-order valence-electron chi connectivity index (χ1n) is 17.5. The Labute approximate surface area is 298 Å². The van der Waals surface area contributed by atoms with Crippen molar-refractivity contribution in [3.8, 4) is 39.9 Å². The van der Waals surface area contributed by atoms with Gasteiger partial charge in [0.1, 0.15) is 11.2 Å². The first kappa shape index (κ1) is 28.7. The summed E-state index contributed by atoms with van der Waals surface area (Å²) < 4.78 is 9.10. The number of hydrogen-bond donors (Lipinski definition) is 0. The van der Waals surface area contributed by atoms with Gasteiger partial charge in [0.05, 0.1) is 11.0 Å². The Morgan fingerprint density at radius 2 is 1.00 bits per heavy atom. The second-order valence-corrected chi connectivity index (χ2v) is 13.2. The molecule has 0 aliphatic carbocycles. The maximum absolute atomic E-state index is 6.70. The van der Waals surface area contributed by atoms with Gasteiger partial charge in [-0.3, -0.25) is 0 Å². The van der Waals surface area contributed by atoms with Crippen LogP contribution >= 0.6 is 0 Å². The molecule has 3 aromatic heterocycles. The van der Waals surface area contributed by atoms with Crippen LogP contribution < -0.4 is 0 Å². The van der Waals surface area contributed by atoms with E-state index in [1.807, 2.05) is 72.8 Å². The van der Waals surface area contributed by atoms with Crippen LogP contribution in [0.1, 0.15) is 0 Å². The minimum Gasteiger partial charge on any atom is -0.455 e. The Hall–Kier alpha value is -7.11. The molecule has 0 aliphatic rings. The van der Waals surface area contributed by atoms with Crippen molar-refractivity contribution in [1.82, 2.24) is 19.5 Å². The number of aromatic nitrogens is 4. The summed E-state index contributed by atoms with van der Waals surface area (Å²) in [5, 5.41) is 8.94. The third kappa shape index (κ3) is 4.33. The van der Waals surface area contributed by atoms with Crippen molar-refractivity contribution in [2.75, 3.05) is 0 Å². The quantitative estimate of drug-likeness (QED) is 0.188. The van der Waals surface area contributed by atoms with Gasteiger partial charge in [0, 0.05) is 54.7 Å². The van der Waals surface area contributed by atoms with Crippen molar-refractivity contribution in [2.24, 2.45) is 0 Å². The van der Waals surface area contributed by atoms with E-state index in [-0.39, 0.29) is 0 Å². The molecular weight excluding hydrogens is 637 g/mol. The largest absolute Gasteiger partial charge is 0.455 e. The van der Waals surface area contributed by atoms with Crippen molar-refractivity contribution in [1.29, 1.82) is 0 Å². The van der Waals surface area contributed by atoms with Crippen molar-refractivity contribution in [2.45, 2.75) is 0 Å². The van der Waals surface area contributed by atoms with Gasteiger partial charge < -0.3 is 8.98 Å². The fourth-order valence-corrected chi connectivity index (χ4v) is 7.84. The summed E-state index contributed by atoms with van der Waals surface area (Å²) in [6.45, 7) is 0. The number of para-hydroxylation sites is 2. The van der Waals surface area contributed by atoms with E-state index in [2.05, 4.69) is 102 Å². The van der Waals surface area contributed by atoms with Gasteiger partial charge in [0.2, 0.25) is 0 Å². The minimum atomic E-state index is 0.612. The zero-order valence-corrected chi connectivity index (χ0v) is 27.9. The maximum atomic E-state index is 6.70. The molecule has 52 heavy (non-hydrogen) atoms. The van der Waals surface area contributed by atoms with E-state index in [9.17, 15) is 0 Å². The average molecular weight is 665 g/mol. The van der Waals surface area contributed by atoms with E-state index in [1.54, 1.807) is 0 Å². The first-order chi connectivity index (χ1) is 25.8. The van der Waals surface area contributed by atoms with Gasteiger partial charge in [-0.1, -0.05) is 140 Å². The Bertz CT molecular complexity index is 3120. The highest BCUT2D eigenvalue weighted by atomic mass is 16.3. The van der Waals surface area contributed by atoms with Gasteiger partial charge in [-0.05, 0) is 41.1 Å². The summed E-state index contributed by atoms with van der Waals surface area (Å²) in [7, 11) is 0. The van der Waals surface area contributed by atoms with Crippen LogP contribution in [0.2, 0.25) is 0 Å². The number of rotatable bonds is 4. The predicted octanol–water partition coefficient (Wildman–Crippen LogP) is 12.2. The highest BCUT2D eigenvalue weighted by molar-refractivity contribution is 6.21. The van der Waals surface area contributed by atoms with E-state index >= 15 is 0 Å². The molecular formula is C47H28N4O. The minimum absolute atomic E-state index is 0.612. The third-order valence-electron chi connectivity index (χ3n) is 10.2. The van der Waals surface area contributed by atoms with Crippen LogP contribution in [0.25, 0.3) is 105 Å². The Morgan fingerprint density at radius 3 is 1.77 bits per heavy atom. The summed E-state index contributed by atoms with van der Waals surface area (Å²) in [5.41, 5.74) is 7.87. The Balaban J connectivity index is 1.24. The molecule has 11 rings (SSSR count). The summed E-state index contributed by atoms with van der Waals surface area (Å²) in [5.74, 6) is 1.87. The third-order valence-corrected chi connectivity index (χ3v) is 10.2. The predicted molar refractivity (Wildman–Crippen MR) is 213 cm³/mol. The zero-order valence-electron chi connectivity index (χ0n) is 27.9. The molecule has 0 atom stereocenters. The molecule has 5 nitrogen and oxygen atoms in total. The van der Waals surface area contributed by atoms with E-state index in [0.29, 0.717) is 17.5 Å². The first-order valence-corrected chi connectivity index (χ1v) is 17.5. The molecule has 0 saturated heterocycles. The maximum Gasteiger partial charge on any atom is 0.164 e. The highest BCUT2D eigenvalue weighted by Gasteiger charge is 2.21. The lowest BCUT2D eigenvalue weighted by atomic mass is 9.98. The van der Waals surface area contributed by atoms with Crippen LogP contribution in [0, 0.1) is 0 Å². The fourth-order valence-electron chi connectivity index (χ4n) is 7.84. The molecule has 0 aliphatic heterocycles. The topological polar surface area (TPSA) is 56.7 Å². The Morgan fingerprint density at radius 1 is 0.404 bits per heavy atom. The van der Waals surface area contributed by atoms with Crippen molar-refractivity contribution in [3.05, 3.63) is 170 Å². The van der Waals surface area contributed by atoms with E-state index < -0.39 is 0 Å². The molecule has 0 unspecified atom stereocenters. The van der Waals surface area contributed by atoms with E-state index in [1.165, 1.54) is 27.1 Å². The highest BCUT2D eigenvalue weighted by Crippen LogP contribution is 2.42. The average Bonchev–Trinajstić information content (AvgIpc) is 3.77. The molecule has 0 fully saturated rings. The lowest BCUT2D eigenvalue weighted by molar-refractivity contribution is 0.672. The van der Waals surface area contributed by atoms with Crippen molar-refractivity contribution in [3.63, 3.8) is 0 Å². The molecule has 11 aromatic rings. The fraction of sp³-hybridized carbons (Fsp3) is 0. The lowest BCUT2D eigenvalue weighted by Crippen LogP contribution is -2.01. The normalized spacial score (nSPS) is 11.8. The standard InChI is InChI=1S/C47H28N4O/c1-3-14-30(15-4-1)45-48-46(31-16-5-2-6-17-31)50-47(49-45)40-28-39-36-20-10-12-22-42(36)52-44(39)38-27-32(24-26-34(38)40)51-41-21-11-9-19-35(41)37-25-23-29-13-7-8-18-33(29)43(37)51/h1-28H. The summed E-state index contributed by atoms with van der Waals surface area (Å²) in [6.07, 6.45) is 0. The second kappa shape index (κ2) is 11.2. The number of benzene rings is 8. The summed E-state index contributed by atoms with van der Waals surface area (Å²) in [6, 6.07) is 59.1. The van der Waals surface area contributed by atoms with Gasteiger partial charge in [-0.2, -0.15) is 0 Å². The number of hydrogen-bond acceptors (Lipinski definition) is 4. The molecule has 8 aromatic carbocycles. The molecule has 0 saturated carbocycles. The molecule has 0 radical (unpaired) electrons. The molecule has 0 spiro atoms. The van der Waals surface area contributed by atoms with Crippen LogP contribution in [0.5, 0.6) is 0 Å². The Kier molecular flexibility index (Phi) is 6.18. The van der Waals surface area contributed by atoms with Gasteiger partial charge in [0.25, 0.3) is 0 Å². The van der Waals surface area contributed by atoms with E-state index in [0.717, 1.165) is 60.6 Å². The monoisotopic (exact) mass is 664 g/mol. The van der Waals surface area contributed by atoms with Crippen LogP contribution in [0.3, 0.4) is 0 Å². The van der Waals surface area contributed by atoms with Crippen LogP contribution in [0.15, 0.2) is 174 Å². The van der Waals surface area contributed by atoms with Gasteiger partial charge in [0.15, 0.2) is 17.5 Å². The molecule has 0 N–H and O–H groups in total. The SMILES string of the molecule is c1ccc(-c2nc(-c3ccccc3)nc(-c3cc4c5ccccc5oc4c4cc(-n5c6ccccc6c6ccc7ccccc7c65)ccc34)n2)cc1. The summed E-state index contributed by atoms with van der Waals surface area (Å²) >= 11 is 0.